The Balaban J connectivity index is 1.89. The number of methoxy groups -OCH3 is 3. The molecule has 1 saturated heterocycles. The van der Waals surface area contributed by atoms with Crippen molar-refractivity contribution in [2.45, 2.75) is 25.5 Å². The fourth-order valence-corrected chi connectivity index (χ4v) is 5.06. The number of carbonyl (C=O) groups excluding carboxylic acids is 1. The number of halogens is 1. The van der Waals surface area contributed by atoms with Gasteiger partial charge in [-0.3, -0.25) is 9.69 Å². The minimum Gasteiger partial charge on any atom is -0.497 e. The Morgan fingerprint density at radius 3 is 2.32 bits per heavy atom. The van der Waals surface area contributed by atoms with Crippen molar-refractivity contribution in [2.75, 3.05) is 27.9 Å². The molecular weight excluding hydrogens is 480 g/mol. The summed E-state index contributed by atoms with van der Waals surface area (Å²) in [6.07, 6.45) is 0.533. The van der Waals surface area contributed by atoms with Crippen LogP contribution in [0.25, 0.3) is 0 Å². The quantitative estimate of drug-likeness (QED) is 0.485. The van der Waals surface area contributed by atoms with Crippen LogP contribution in [-0.2, 0) is 11.2 Å². The molecule has 1 atom stereocenters. The summed E-state index contributed by atoms with van der Waals surface area (Å²) in [6, 6.07) is 11.3. The average Bonchev–Trinajstić information content (AvgIpc) is 3.03. The molecule has 1 aliphatic heterocycles. The van der Waals surface area contributed by atoms with Gasteiger partial charge in [0.25, 0.3) is 0 Å². The Bertz CT molecular complexity index is 963. The summed E-state index contributed by atoms with van der Waals surface area (Å²) in [4.78, 5) is 19.8. The third kappa shape index (κ3) is 5.54. The number of aliphatic imine (C=N–C) groups is 1. The molecule has 2 aromatic carbocycles. The smallest absolute Gasteiger partial charge is 0.242 e. The van der Waals surface area contributed by atoms with Gasteiger partial charge in [-0.05, 0) is 64.2 Å². The van der Waals surface area contributed by atoms with Gasteiger partial charge >= 0.3 is 0 Å². The van der Waals surface area contributed by atoms with Gasteiger partial charge in [-0.25, -0.2) is 4.99 Å². The fourth-order valence-electron chi connectivity index (χ4n) is 3.31. The van der Waals surface area contributed by atoms with E-state index in [1.54, 1.807) is 26.2 Å². The zero-order valence-electron chi connectivity index (χ0n) is 18.3. The molecule has 0 N–H and O–H groups in total. The number of ether oxygens (including phenoxy) is 3. The maximum atomic E-state index is 13.3. The molecule has 0 radical (unpaired) electrons. The largest absolute Gasteiger partial charge is 0.497 e. The first kappa shape index (κ1) is 23.5. The molecule has 0 aliphatic carbocycles. The summed E-state index contributed by atoms with van der Waals surface area (Å²) in [7, 11) is 4.87. The van der Waals surface area contributed by atoms with Gasteiger partial charge in [0.2, 0.25) is 5.91 Å². The predicted molar refractivity (Wildman–Crippen MR) is 129 cm³/mol. The molecule has 31 heavy (non-hydrogen) atoms. The maximum Gasteiger partial charge on any atom is 0.242 e. The van der Waals surface area contributed by atoms with E-state index < -0.39 is 0 Å². The molecule has 166 valence electrons. The van der Waals surface area contributed by atoms with Crippen LogP contribution in [-0.4, -0.2) is 49.1 Å². The van der Waals surface area contributed by atoms with E-state index in [1.165, 1.54) is 11.8 Å². The highest BCUT2D eigenvalue weighted by atomic mass is 79.9. The SMILES string of the molecule is COc1ccc(N=C2S[C@@H](Cc3cc(Br)c(OC)cc3OC)C(=O)N2CC(C)C)cc1. The summed E-state index contributed by atoms with van der Waals surface area (Å²) >= 11 is 5.03. The molecule has 1 fully saturated rings. The summed E-state index contributed by atoms with van der Waals surface area (Å²) < 4.78 is 17.0. The Hall–Kier alpha value is -2.19. The monoisotopic (exact) mass is 506 g/mol. The first-order valence-electron chi connectivity index (χ1n) is 9.97. The molecule has 6 nitrogen and oxygen atoms in total. The number of hydrogen-bond donors (Lipinski definition) is 0. The number of thioether (sulfide) groups is 1. The van der Waals surface area contributed by atoms with Gasteiger partial charge < -0.3 is 14.2 Å². The number of carbonyl (C=O) groups is 1. The number of amides is 1. The summed E-state index contributed by atoms with van der Waals surface area (Å²) in [6.45, 7) is 4.82. The molecule has 3 rings (SSSR count). The zero-order chi connectivity index (χ0) is 22.5. The average molecular weight is 507 g/mol. The van der Waals surface area contributed by atoms with E-state index in [2.05, 4.69) is 29.8 Å². The molecule has 1 aliphatic rings. The van der Waals surface area contributed by atoms with Crippen LogP contribution in [0.15, 0.2) is 45.9 Å². The second-order valence-electron chi connectivity index (χ2n) is 7.54. The molecule has 0 spiro atoms. The van der Waals surface area contributed by atoms with Crippen LogP contribution in [0.5, 0.6) is 17.2 Å². The standard InChI is InChI=1S/C23H27BrN2O4S/c1-14(2)13-26-22(27)21(11-15-10-18(24)20(30-5)12-19(15)29-4)31-23(26)25-16-6-8-17(28-3)9-7-16/h6-10,12,14,21H,11,13H2,1-5H3/t21-/m0/s1. The molecule has 0 aromatic heterocycles. The molecule has 2 aromatic rings. The maximum absolute atomic E-state index is 13.3. The Morgan fingerprint density at radius 2 is 1.74 bits per heavy atom. The van der Waals surface area contributed by atoms with E-state index in [1.807, 2.05) is 36.4 Å². The van der Waals surface area contributed by atoms with Crippen molar-refractivity contribution >= 4 is 44.5 Å². The van der Waals surface area contributed by atoms with Gasteiger partial charge in [0.05, 0.1) is 36.7 Å². The van der Waals surface area contributed by atoms with Crippen LogP contribution < -0.4 is 14.2 Å². The Morgan fingerprint density at radius 1 is 1.06 bits per heavy atom. The molecule has 8 heteroatoms. The molecular formula is C23H27BrN2O4S. The lowest BCUT2D eigenvalue weighted by molar-refractivity contribution is -0.126. The third-order valence-corrected chi connectivity index (χ3v) is 6.62. The number of benzene rings is 2. The number of rotatable bonds is 8. The van der Waals surface area contributed by atoms with Crippen molar-refractivity contribution in [1.29, 1.82) is 0 Å². The van der Waals surface area contributed by atoms with Gasteiger partial charge in [0.15, 0.2) is 5.17 Å². The predicted octanol–water partition coefficient (Wildman–Crippen LogP) is 5.31. The number of hydrogen-bond acceptors (Lipinski definition) is 6. The van der Waals surface area contributed by atoms with Gasteiger partial charge in [0, 0.05) is 12.6 Å². The summed E-state index contributed by atoms with van der Waals surface area (Å²) in [5.41, 5.74) is 1.73. The van der Waals surface area contributed by atoms with Crippen molar-refractivity contribution in [2.24, 2.45) is 10.9 Å². The van der Waals surface area contributed by atoms with Crippen molar-refractivity contribution in [3.8, 4) is 17.2 Å². The van der Waals surface area contributed by atoms with Crippen LogP contribution in [0.4, 0.5) is 5.69 Å². The second-order valence-corrected chi connectivity index (χ2v) is 9.57. The minimum atomic E-state index is -0.273. The van der Waals surface area contributed by atoms with E-state index >= 15 is 0 Å². The Kier molecular flexibility index (Phi) is 7.89. The molecule has 1 amide bonds. The van der Waals surface area contributed by atoms with Crippen LogP contribution in [0.3, 0.4) is 0 Å². The topological polar surface area (TPSA) is 60.4 Å². The van der Waals surface area contributed by atoms with Crippen LogP contribution in [0.1, 0.15) is 19.4 Å². The van der Waals surface area contributed by atoms with Gasteiger partial charge in [-0.2, -0.15) is 0 Å². The van der Waals surface area contributed by atoms with E-state index in [0.717, 1.165) is 26.6 Å². The number of amidine groups is 1. The fraction of sp³-hybridized carbons (Fsp3) is 0.391. The van der Waals surface area contributed by atoms with Crippen molar-refractivity contribution in [1.82, 2.24) is 4.90 Å². The lowest BCUT2D eigenvalue weighted by Gasteiger charge is -2.19. The highest BCUT2D eigenvalue weighted by Crippen LogP contribution is 2.38. The van der Waals surface area contributed by atoms with Crippen LogP contribution >= 0.6 is 27.7 Å². The van der Waals surface area contributed by atoms with E-state index in [0.29, 0.717) is 30.4 Å². The van der Waals surface area contributed by atoms with Gasteiger partial charge in [-0.1, -0.05) is 25.6 Å². The van der Waals surface area contributed by atoms with E-state index in [9.17, 15) is 4.79 Å². The van der Waals surface area contributed by atoms with Gasteiger partial charge in [0.1, 0.15) is 17.2 Å². The van der Waals surface area contributed by atoms with Crippen molar-refractivity contribution in [3.05, 3.63) is 46.4 Å². The van der Waals surface area contributed by atoms with Crippen molar-refractivity contribution < 1.29 is 19.0 Å². The highest BCUT2D eigenvalue weighted by molar-refractivity contribution is 9.10. The lowest BCUT2D eigenvalue weighted by Crippen LogP contribution is -2.35. The van der Waals surface area contributed by atoms with Gasteiger partial charge in [-0.15, -0.1) is 0 Å². The van der Waals surface area contributed by atoms with Crippen molar-refractivity contribution in [3.63, 3.8) is 0 Å². The number of nitrogens with zero attached hydrogens (tertiary/aromatic N) is 2. The summed E-state index contributed by atoms with van der Waals surface area (Å²) in [5, 5.41) is 0.449. The third-order valence-electron chi connectivity index (χ3n) is 4.83. The second kappa shape index (κ2) is 10.4. The van der Waals surface area contributed by atoms with E-state index in [4.69, 9.17) is 19.2 Å². The first-order valence-corrected chi connectivity index (χ1v) is 11.6. The molecule has 0 unspecified atom stereocenters. The first-order chi connectivity index (χ1) is 14.9. The van der Waals surface area contributed by atoms with E-state index in [-0.39, 0.29) is 11.2 Å². The molecule has 1 heterocycles. The van der Waals surface area contributed by atoms with Crippen LogP contribution in [0, 0.1) is 5.92 Å². The highest BCUT2D eigenvalue weighted by Gasteiger charge is 2.38. The van der Waals surface area contributed by atoms with Crippen LogP contribution in [0.2, 0.25) is 0 Å². The normalized spacial score (nSPS) is 17.5. The molecule has 0 bridgehead atoms. The Labute approximate surface area is 196 Å². The minimum absolute atomic E-state index is 0.0694. The lowest BCUT2D eigenvalue weighted by atomic mass is 10.1. The summed E-state index contributed by atoms with van der Waals surface area (Å²) in [5.74, 6) is 2.56. The molecule has 0 saturated carbocycles. The zero-order valence-corrected chi connectivity index (χ0v) is 20.7.